The molecule has 1 heterocycles. The van der Waals surface area contributed by atoms with Gasteiger partial charge in [-0.1, -0.05) is 0 Å². The van der Waals surface area contributed by atoms with Crippen LogP contribution in [-0.2, 0) is 6.54 Å². The Morgan fingerprint density at radius 2 is 2.36 bits per heavy atom. The second-order valence-corrected chi connectivity index (χ2v) is 3.85. The fourth-order valence-electron chi connectivity index (χ4n) is 1.56. The van der Waals surface area contributed by atoms with Gasteiger partial charge in [0.25, 0.3) is 0 Å². The van der Waals surface area contributed by atoms with Crippen LogP contribution in [0, 0.1) is 5.92 Å². The van der Waals surface area contributed by atoms with Gasteiger partial charge in [-0.2, -0.15) is 0 Å². The van der Waals surface area contributed by atoms with Crippen LogP contribution in [-0.4, -0.2) is 22.1 Å². The van der Waals surface area contributed by atoms with Crippen LogP contribution >= 0.6 is 0 Å². The second-order valence-electron chi connectivity index (χ2n) is 3.85. The van der Waals surface area contributed by atoms with Crippen molar-refractivity contribution in [3.63, 3.8) is 0 Å². The first-order valence-corrected chi connectivity index (χ1v) is 5.12. The van der Waals surface area contributed by atoms with E-state index in [0.29, 0.717) is 5.92 Å². The average molecular weight is 193 g/mol. The lowest BCUT2D eigenvalue weighted by molar-refractivity contribution is 0.0967. The largest absolute Gasteiger partial charge is 0.396 e. The van der Waals surface area contributed by atoms with Crippen LogP contribution in [0.3, 0.4) is 0 Å². The Kier molecular flexibility index (Phi) is 2.68. The number of carbonyl (C=O) groups excluding carboxylic acids is 1. The predicted octanol–water partition coefficient (Wildman–Crippen LogP) is 1.46. The molecule has 3 nitrogen and oxygen atoms in total. The summed E-state index contributed by atoms with van der Waals surface area (Å²) in [5.74, 6) is 0.580. The van der Waals surface area contributed by atoms with E-state index in [9.17, 15) is 4.79 Å². The summed E-state index contributed by atoms with van der Waals surface area (Å²) in [6.45, 7) is 0.985. The normalized spacial score (nSPS) is 15.8. The number of aryl methyl sites for hydroxylation is 1. The van der Waals surface area contributed by atoms with E-state index in [2.05, 4.69) is 0 Å². The zero-order valence-corrected chi connectivity index (χ0v) is 8.15. The van der Waals surface area contributed by atoms with Crippen molar-refractivity contribution >= 4 is 5.78 Å². The Bertz CT molecular complexity index is 326. The summed E-state index contributed by atoms with van der Waals surface area (Å²) in [7, 11) is 0. The maximum absolute atomic E-state index is 11.6. The topological polar surface area (TPSA) is 42.2 Å². The molecule has 0 bridgehead atoms. The molecule has 0 amide bonds. The monoisotopic (exact) mass is 193 g/mol. The molecule has 0 spiro atoms. The first-order valence-electron chi connectivity index (χ1n) is 5.12. The summed E-state index contributed by atoms with van der Waals surface area (Å²) in [6.07, 6.45) is 6.65. The molecule has 1 aromatic rings. The number of aliphatic hydroxyl groups is 1. The van der Waals surface area contributed by atoms with Crippen molar-refractivity contribution in [1.29, 1.82) is 0 Å². The highest BCUT2D eigenvalue weighted by Gasteiger charge is 2.30. The summed E-state index contributed by atoms with van der Waals surface area (Å²) in [6, 6.07) is 1.87. The van der Waals surface area contributed by atoms with Crippen molar-refractivity contribution in [2.24, 2.45) is 5.92 Å². The van der Waals surface area contributed by atoms with Crippen molar-refractivity contribution in [2.45, 2.75) is 25.8 Å². The van der Waals surface area contributed by atoms with E-state index in [4.69, 9.17) is 5.11 Å². The molecule has 1 fully saturated rings. The van der Waals surface area contributed by atoms with Gasteiger partial charge in [-0.3, -0.25) is 4.79 Å². The van der Waals surface area contributed by atoms with Crippen LogP contribution in [0.1, 0.15) is 29.6 Å². The summed E-state index contributed by atoms with van der Waals surface area (Å²) in [5, 5.41) is 8.66. The number of hydrogen-bond acceptors (Lipinski definition) is 2. The number of ketones is 1. The van der Waals surface area contributed by atoms with Crippen molar-refractivity contribution < 1.29 is 9.90 Å². The van der Waals surface area contributed by atoms with Gasteiger partial charge in [0.05, 0.1) is 0 Å². The van der Waals surface area contributed by atoms with Crippen LogP contribution in [0.5, 0.6) is 0 Å². The Morgan fingerprint density at radius 3 is 3.00 bits per heavy atom. The Morgan fingerprint density at radius 1 is 1.57 bits per heavy atom. The fourth-order valence-corrected chi connectivity index (χ4v) is 1.56. The maximum Gasteiger partial charge on any atom is 0.167 e. The summed E-state index contributed by atoms with van der Waals surface area (Å²) in [4.78, 5) is 11.6. The maximum atomic E-state index is 11.6. The van der Waals surface area contributed by atoms with Gasteiger partial charge >= 0.3 is 0 Å². The van der Waals surface area contributed by atoms with Gasteiger partial charge in [-0.15, -0.1) is 0 Å². The molecule has 3 heteroatoms. The Balaban J connectivity index is 1.98. The van der Waals surface area contributed by atoms with Gasteiger partial charge in [-0.05, 0) is 25.3 Å². The number of rotatable bonds is 5. The highest BCUT2D eigenvalue weighted by atomic mass is 16.3. The minimum absolute atomic E-state index is 0.198. The molecule has 0 atom stereocenters. The zero-order chi connectivity index (χ0) is 9.97. The highest BCUT2D eigenvalue weighted by Crippen LogP contribution is 2.32. The molecule has 0 unspecified atom stereocenters. The van der Waals surface area contributed by atoms with E-state index >= 15 is 0 Å². The molecule has 76 valence electrons. The Labute approximate surface area is 83.4 Å². The first kappa shape index (κ1) is 9.46. The third kappa shape index (κ3) is 2.04. The van der Waals surface area contributed by atoms with Crippen molar-refractivity contribution in [3.05, 3.63) is 24.0 Å². The first-order chi connectivity index (χ1) is 6.81. The minimum atomic E-state index is 0.198. The van der Waals surface area contributed by atoms with Crippen LogP contribution in [0.2, 0.25) is 0 Å². The number of carbonyl (C=O) groups is 1. The lowest BCUT2D eigenvalue weighted by Crippen LogP contribution is -2.00. The number of aliphatic hydroxyl groups excluding tert-OH is 1. The molecule has 1 saturated carbocycles. The number of Topliss-reactive ketones (excluding diaryl/α,β-unsaturated/α-hetero) is 1. The van der Waals surface area contributed by atoms with Crippen LogP contribution in [0.15, 0.2) is 18.5 Å². The van der Waals surface area contributed by atoms with Crippen LogP contribution < -0.4 is 0 Å². The molecule has 2 rings (SSSR count). The van der Waals surface area contributed by atoms with E-state index in [-0.39, 0.29) is 12.4 Å². The molecule has 14 heavy (non-hydrogen) atoms. The molecule has 1 N–H and O–H groups in total. The van der Waals surface area contributed by atoms with E-state index < -0.39 is 0 Å². The molecule has 0 saturated heterocycles. The quantitative estimate of drug-likeness (QED) is 0.719. The molecule has 0 aromatic carbocycles. The standard InChI is InChI=1S/C11H15NO2/c13-7-1-5-12-6-4-10(8-12)11(14)9-2-3-9/h4,6,8-9,13H,1-3,5,7H2. The van der Waals surface area contributed by atoms with Gasteiger partial charge in [0.15, 0.2) is 5.78 Å². The average Bonchev–Trinajstić information content (AvgIpc) is 2.94. The molecule has 1 aliphatic carbocycles. The molecule has 1 aromatic heterocycles. The number of aromatic nitrogens is 1. The molecule has 0 aliphatic heterocycles. The third-order valence-electron chi connectivity index (χ3n) is 2.56. The third-order valence-corrected chi connectivity index (χ3v) is 2.56. The van der Waals surface area contributed by atoms with Gasteiger partial charge < -0.3 is 9.67 Å². The fraction of sp³-hybridized carbons (Fsp3) is 0.545. The van der Waals surface area contributed by atoms with Gasteiger partial charge in [0.1, 0.15) is 0 Å². The van der Waals surface area contributed by atoms with Gasteiger partial charge in [0, 0.05) is 37.0 Å². The lowest BCUT2D eigenvalue weighted by Gasteiger charge is -1.98. The predicted molar refractivity (Wildman–Crippen MR) is 53.2 cm³/mol. The minimum Gasteiger partial charge on any atom is -0.396 e. The number of hydrogen-bond donors (Lipinski definition) is 1. The van der Waals surface area contributed by atoms with E-state index in [0.717, 1.165) is 31.4 Å². The Hall–Kier alpha value is -1.09. The lowest BCUT2D eigenvalue weighted by atomic mass is 10.1. The number of nitrogens with zero attached hydrogens (tertiary/aromatic N) is 1. The van der Waals surface area contributed by atoms with Crippen molar-refractivity contribution in [3.8, 4) is 0 Å². The zero-order valence-electron chi connectivity index (χ0n) is 8.15. The van der Waals surface area contributed by atoms with Crippen molar-refractivity contribution in [2.75, 3.05) is 6.61 Å². The molecular formula is C11H15NO2. The van der Waals surface area contributed by atoms with E-state index in [1.165, 1.54) is 0 Å². The van der Waals surface area contributed by atoms with Crippen molar-refractivity contribution in [1.82, 2.24) is 4.57 Å². The SMILES string of the molecule is O=C(c1ccn(CCCO)c1)C1CC1. The summed E-state index contributed by atoms with van der Waals surface area (Å²) < 4.78 is 1.96. The smallest absolute Gasteiger partial charge is 0.167 e. The molecule has 1 aliphatic rings. The molecule has 0 radical (unpaired) electrons. The van der Waals surface area contributed by atoms with E-state index in [1.807, 2.05) is 23.0 Å². The second kappa shape index (κ2) is 3.96. The van der Waals surface area contributed by atoms with Gasteiger partial charge in [-0.25, -0.2) is 0 Å². The van der Waals surface area contributed by atoms with Gasteiger partial charge in [0.2, 0.25) is 0 Å². The molecular weight excluding hydrogens is 178 g/mol. The summed E-state index contributed by atoms with van der Waals surface area (Å²) in [5.41, 5.74) is 0.824. The highest BCUT2D eigenvalue weighted by molar-refractivity contribution is 5.99. The van der Waals surface area contributed by atoms with Crippen LogP contribution in [0.25, 0.3) is 0 Å². The van der Waals surface area contributed by atoms with E-state index in [1.54, 1.807) is 0 Å². The van der Waals surface area contributed by atoms with Crippen LogP contribution in [0.4, 0.5) is 0 Å². The summed E-state index contributed by atoms with van der Waals surface area (Å²) >= 11 is 0.